The molecule has 0 spiro atoms. The number of rotatable bonds is 2. The molecule has 1 rings (SSSR count). The van der Waals surface area contributed by atoms with Crippen LogP contribution in [0.15, 0.2) is 18.2 Å². The minimum Gasteiger partial charge on any atom is -0.398 e. The summed E-state index contributed by atoms with van der Waals surface area (Å²) in [5, 5.41) is 0. The molecule has 60 valence electrons. The van der Waals surface area contributed by atoms with Gasteiger partial charge in [-0.15, -0.1) is 0 Å². The van der Waals surface area contributed by atoms with Gasteiger partial charge in [-0.1, -0.05) is 18.2 Å². The van der Waals surface area contributed by atoms with Gasteiger partial charge < -0.3 is 5.73 Å². The van der Waals surface area contributed by atoms with E-state index in [0.29, 0.717) is 11.1 Å². The molecule has 0 fully saturated rings. The molecule has 2 N–H and O–H groups in total. The van der Waals surface area contributed by atoms with E-state index >= 15 is 0 Å². The van der Waals surface area contributed by atoms with Crippen molar-refractivity contribution in [1.29, 1.82) is 0 Å². The van der Waals surface area contributed by atoms with E-state index in [1.54, 1.807) is 18.2 Å². The van der Waals surface area contributed by atoms with E-state index in [9.17, 15) is 8.78 Å². The maximum atomic E-state index is 12.1. The Kier molecular flexibility index (Phi) is 2.41. The van der Waals surface area contributed by atoms with Crippen molar-refractivity contribution in [2.45, 2.75) is 13.3 Å². The average Bonchev–Trinajstić information content (AvgIpc) is 2.05. The number of anilines is 1. The summed E-state index contributed by atoms with van der Waals surface area (Å²) in [5.41, 5.74) is 6.38. The van der Waals surface area contributed by atoms with Crippen LogP contribution >= 0.6 is 0 Å². The highest BCUT2D eigenvalue weighted by atomic mass is 19.1. The Bertz CT molecular complexity index is 226. The van der Waals surface area contributed by atoms with Gasteiger partial charge in [-0.25, -0.2) is 8.78 Å². The van der Waals surface area contributed by atoms with Gasteiger partial charge in [-0.2, -0.15) is 0 Å². The smallest absolute Gasteiger partial charge is 0.117 e. The highest BCUT2D eigenvalue weighted by Gasteiger charge is 2.02. The Labute approximate surface area is 63.8 Å². The van der Waals surface area contributed by atoms with Crippen LogP contribution < -0.4 is 5.73 Å². The fourth-order valence-electron chi connectivity index (χ4n) is 0.899. The van der Waals surface area contributed by atoms with E-state index in [0.717, 1.165) is 0 Å². The number of nitrogens with two attached hydrogens (primary N) is 1. The minimum atomic E-state index is -0.639. The molecule has 0 aliphatic heterocycles. The first-order valence-electron chi connectivity index (χ1n) is 3.27. The first-order chi connectivity index (χ1) is 5.29. The van der Waals surface area contributed by atoms with Crippen molar-refractivity contribution in [1.82, 2.24) is 0 Å². The highest BCUT2D eigenvalue weighted by Crippen LogP contribution is 2.18. The third kappa shape index (κ3) is 1.48. The monoisotopic (exact) mass is 157 g/mol. The first-order valence-corrected chi connectivity index (χ1v) is 3.27. The van der Waals surface area contributed by atoms with Crippen LogP contribution in [0.2, 0.25) is 0 Å². The second kappa shape index (κ2) is 3.32. The molecule has 0 saturated heterocycles. The van der Waals surface area contributed by atoms with Crippen LogP contribution in [-0.2, 0) is 13.3 Å². The summed E-state index contributed by atoms with van der Waals surface area (Å²) in [6.07, 6.45) is 0. The predicted molar refractivity (Wildman–Crippen MR) is 40.5 cm³/mol. The van der Waals surface area contributed by atoms with E-state index in [1.165, 1.54) is 0 Å². The fourth-order valence-corrected chi connectivity index (χ4v) is 0.899. The maximum Gasteiger partial charge on any atom is 0.117 e. The average molecular weight is 157 g/mol. The molecular weight excluding hydrogens is 148 g/mol. The maximum absolute atomic E-state index is 12.1. The second-order valence-corrected chi connectivity index (χ2v) is 2.26. The summed E-state index contributed by atoms with van der Waals surface area (Å²) in [7, 11) is 0. The third-order valence-electron chi connectivity index (χ3n) is 1.57. The molecule has 3 heteroatoms. The number of benzene rings is 1. The zero-order valence-electron chi connectivity index (χ0n) is 5.98. The van der Waals surface area contributed by atoms with Crippen molar-refractivity contribution in [2.75, 3.05) is 5.73 Å². The van der Waals surface area contributed by atoms with E-state index in [-0.39, 0.29) is 5.69 Å². The largest absolute Gasteiger partial charge is 0.398 e. The molecule has 0 atom stereocenters. The van der Waals surface area contributed by atoms with Crippen molar-refractivity contribution in [3.63, 3.8) is 0 Å². The molecule has 0 aromatic heterocycles. The topological polar surface area (TPSA) is 26.0 Å². The van der Waals surface area contributed by atoms with Gasteiger partial charge in [0.15, 0.2) is 0 Å². The Hall–Kier alpha value is -1.12. The van der Waals surface area contributed by atoms with E-state index in [4.69, 9.17) is 5.73 Å². The lowest BCUT2D eigenvalue weighted by Gasteiger charge is -2.04. The Morgan fingerprint density at radius 1 is 1.09 bits per heavy atom. The molecule has 0 saturated carbocycles. The van der Waals surface area contributed by atoms with Crippen molar-refractivity contribution < 1.29 is 8.78 Å². The molecule has 1 aromatic rings. The molecular formula is C8H9F2N. The molecule has 1 aromatic carbocycles. The molecule has 0 amide bonds. The van der Waals surface area contributed by atoms with Gasteiger partial charge in [0.05, 0.1) is 0 Å². The third-order valence-corrected chi connectivity index (χ3v) is 1.57. The van der Waals surface area contributed by atoms with Gasteiger partial charge in [0.25, 0.3) is 0 Å². The Balaban J connectivity index is 3.10. The standard InChI is InChI=1S/C8H9F2N/c9-4-6-2-1-3-7(5-10)8(6)11/h1-3H,4-5,11H2. The molecule has 11 heavy (non-hydrogen) atoms. The number of hydrogen-bond acceptors (Lipinski definition) is 1. The molecule has 0 bridgehead atoms. The number of alkyl halides is 2. The first kappa shape index (κ1) is 7.98. The normalized spacial score (nSPS) is 10.0. The molecule has 0 unspecified atom stereocenters. The van der Waals surface area contributed by atoms with Gasteiger partial charge in [-0.05, 0) is 0 Å². The quantitative estimate of drug-likeness (QED) is 0.654. The predicted octanol–water partition coefficient (Wildman–Crippen LogP) is 2.21. The fraction of sp³-hybridized carbons (Fsp3) is 0.250. The summed E-state index contributed by atoms with van der Waals surface area (Å²) < 4.78 is 24.2. The van der Waals surface area contributed by atoms with Gasteiger partial charge in [0.2, 0.25) is 0 Å². The van der Waals surface area contributed by atoms with Crippen molar-refractivity contribution in [2.24, 2.45) is 0 Å². The van der Waals surface area contributed by atoms with Crippen molar-refractivity contribution in [3.05, 3.63) is 29.3 Å². The van der Waals surface area contributed by atoms with Gasteiger partial charge in [-0.3, -0.25) is 0 Å². The lowest BCUT2D eigenvalue weighted by atomic mass is 10.1. The van der Waals surface area contributed by atoms with E-state index in [1.807, 2.05) is 0 Å². The van der Waals surface area contributed by atoms with E-state index in [2.05, 4.69) is 0 Å². The number of nitrogen functional groups attached to an aromatic ring is 1. The zero-order chi connectivity index (χ0) is 8.27. The zero-order valence-corrected chi connectivity index (χ0v) is 5.98. The van der Waals surface area contributed by atoms with Gasteiger partial charge >= 0.3 is 0 Å². The van der Waals surface area contributed by atoms with Crippen molar-refractivity contribution in [3.8, 4) is 0 Å². The minimum absolute atomic E-state index is 0.234. The summed E-state index contributed by atoms with van der Waals surface area (Å²) in [6, 6.07) is 4.70. The molecule has 1 nitrogen and oxygen atoms in total. The number of hydrogen-bond donors (Lipinski definition) is 1. The number of halogens is 2. The van der Waals surface area contributed by atoms with Crippen LogP contribution in [0.4, 0.5) is 14.5 Å². The van der Waals surface area contributed by atoms with Crippen LogP contribution in [0.25, 0.3) is 0 Å². The molecule has 0 aliphatic rings. The van der Waals surface area contributed by atoms with E-state index < -0.39 is 13.3 Å². The van der Waals surface area contributed by atoms with Crippen LogP contribution in [0.5, 0.6) is 0 Å². The van der Waals surface area contributed by atoms with Gasteiger partial charge in [0, 0.05) is 16.8 Å². The second-order valence-electron chi connectivity index (χ2n) is 2.26. The lowest BCUT2D eigenvalue weighted by molar-refractivity contribution is 0.477. The van der Waals surface area contributed by atoms with Crippen LogP contribution in [-0.4, -0.2) is 0 Å². The summed E-state index contributed by atoms with van der Waals surface area (Å²) >= 11 is 0. The number of para-hydroxylation sites is 1. The summed E-state index contributed by atoms with van der Waals surface area (Å²) in [5.74, 6) is 0. The summed E-state index contributed by atoms with van der Waals surface area (Å²) in [4.78, 5) is 0. The Morgan fingerprint density at radius 3 is 1.91 bits per heavy atom. The van der Waals surface area contributed by atoms with Crippen LogP contribution in [0, 0.1) is 0 Å². The van der Waals surface area contributed by atoms with Crippen molar-refractivity contribution >= 4 is 5.69 Å². The molecule has 0 radical (unpaired) electrons. The lowest BCUT2D eigenvalue weighted by Crippen LogP contribution is -1.96. The Morgan fingerprint density at radius 2 is 1.55 bits per heavy atom. The SMILES string of the molecule is Nc1c(CF)cccc1CF. The van der Waals surface area contributed by atoms with Crippen LogP contribution in [0.3, 0.4) is 0 Å². The van der Waals surface area contributed by atoms with Crippen LogP contribution in [0.1, 0.15) is 11.1 Å². The molecule has 0 aliphatic carbocycles. The van der Waals surface area contributed by atoms with Gasteiger partial charge in [0.1, 0.15) is 13.3 Å². The summed E-state index contributed by atoms with van der Waals surface area (Å²) in [6.45, 7) is -1.28. The molecule has 0 heterocycles. The highest BCUT2D eigenvalue weighted by molar-refractivity contribution is 5.53.